The number of rotatable bonds is 11. The van der Waals surface area contributed by atoms with Crippen LogP contribution in [0.3, 0.4) is 0 Å². The van der Waals surface area contributed by atoms with Gasteiger partial charge in [0.25, 0.3) is 6.47 Å². The topological polar surface area (TPSA) is 172 Å². The molecule has 1 unspecified atom stereocenters. The average Bonchev–Trinajstić information content (AvgIpc) is 4.00. The number of anilines is 2. The number of benzene rings is 2. The number of urea groups is 1. The Labute approximate surface area is 345 Å². The lowest BCUT2D eigenvalue weighted by Gasteiger charge is -2.33. The molecule has 15 nitrogen and oxygen atoms in total. The smallest absolute Gasteiger partial charge is 0.320 e. The Bertz CT molecular complexity index is 2210. The summed E-state index contributed by atoms with van der Waals surface area (Å²) in [5.74, 6) is 2.76. The van der Waals surface area contributed by atoms with Crippen molar-refractivity contribution >= 4 is 29.9 Å². The fourth-order valence-corrected chi connectivity index (χ4v) is 8.28. The molecule has 2 amide bonds. The SMILES string of the molecule is CC1CCCCN1c1nnc2ccc(O[C@@H]3CC[C@H](NC(=O)Nc4cc(C(C)(C)C)nn4-c4ccc(CO)c(OCCN5CCCC5)c4)c4ccccc43)cn12.O=CO. The normalized spacial score (nSPS) is 19.4. The fourth-order valence-electron chi connectivity index (χ4n) is 8.28. The molecule has 4 N–H and O–H groups in total. The van der Waals surface area contributed by atoms with E-state index in [1.807, 2.05) is 59.1 Å². The summed E-state index contributed by atoms with van der Waals surface area (Å²) in [6.07, 6.45) is 9.23. The highest BCUT2D eigenvalue weighted by atomic mass is 16.5. The number of aromatic nitrogens is 5. The van der Waals surface area contributed by atoms with Crippen molar-refractivity contribution in [1.29, 1.82) is 0 Å². The lowest BCUT2D eigenvalue weighted by atomic mass is 9.85. The van der Waals surface area contributed by atoms with E-state index in [1.54, 1.807) is 4.68 Å². The third kappa shape index (κ3) is 9.63. The summed E-state index contributed by atoms with van der Waals surface area (Å²) in [5.41, 5.74) is 4.90. The molecule has 0 bridgehead atoms. The number of carbonyl (C=O) groups excluding carboxylic acids is 1. The summed E-state index contributed by atoms with van der Waals surface area (Å²) < 4.78 is 16.7. The first-order chi connectivity index (χ1) is 28.6. The molecule has 0 spiro atoms. The number of likely N-dealkylation sites (tertiary alicyclic amines) is 1. The highest BCUT2D eigenvalue weighted by Crippen LogP contribution is 2.39. The van der Waals surface area contributed by atoms with E-state index in [1.165, 1.54) is 19.3 Å². The monoisotopic (exact) mass is 807 g/mol. The molecule has 3 atom stereocenters. The molecule has 1 aliphatic carbocycles. The molecule has 2 fully saturated rings. The summed E-state index contributed by atoms with van der Waals surface area (Å²) in [6.45, 7) is 12.7. The van der Waals surface area contributed by atoms with Crippen molar-refractivity contribution in [3.8, 4) is 17.2 Å². The van der Waals surface area contributed by atoms with Crippen molar-refractivity contribution < 1.29 is 29.3 Å². The number of aliphatic hydroxyl groups is 1. The number of nitrogens with zero attached hydrogens (tertiary/aromatic N) is 7. The molecular weight excluding hydrogens is 751 g/mol. The number of amides is 2. The lowest BCUT2D eigenvalue weighted by molar-refractivity contribution is -0.122. The van der Waals surface area contributed by atoms with Gasteiger partial charge in [0.2, 0.25) is 5.95 Å². The standard InChI is InChI=1S/C43H55N9O4.CH2O2/c1-29-11-7-8-22-50(29)42-47-46-39-19-16-32(27-51(39)42)56-36-18-17-35(33-12-5-6-13-34(33)36)44-41(54)45-40-26-38(43(2,3)4)48-52(40)31-15-14-30(28-53)37(25-31)55-24-23-49-20-9-10-21-49;2-1-3/h5-6,12-16,19,25-27,29,35-36,53H,7-11,17-18,20-24,28H2,1-4H3,(H2,44,45,54);1H,(H,2,3)/t29?,35-,36+;/m0./s1. The summed E-state index contributed by atoms with van der Waals surface area (Å²) in [6, 6.07) is 19.6. The van der Waals surface area contributed by atoms with Crippen molar-refractivity contribution in [3.63, 3.8) is 0 Å². The van der Waals surface area contributed by atoms with Gasteiger partial charge in [0.05, 0.1) is 30.2 Å². The van der Waals surface area contributed by atoms with E-state index < -0.39 is 0 Å². The van der Waals surface area contributed by atoms with Gasteiger partial charge in [-0.3, -0.25) is 19.4 Å². The molecule has 2 aromatic carbocycles. The summed E-state index contributed by atoms with van der Waals surface area (Å²) >= 11 is 0. The molecule has 3 aliphatic rings. The minimum atomic E-state index is -0.322. The molecular formula is C44H57N9O6. The van der Waals surface area contributed by atoms with E-state index in [2.05, 4.69) is 70.5 Å². The molecule has 2 aliphatic heterocycles. The quantitative estimate of drug-likeness (QED) is 0.101. The van der Waals surface area contributed by atoms with Crippen LogP contribution >= 0.6 is 0 Å². The average molecular weight is 808 g/mol. The van der Waals surface area contributed by atoms with Crippen LogP contribution in [0.2, 0.25) is 0 Å². The van der Waals surface area contributed by atoms with Crippen LogP contribution in [0.15, 0.2) is 66.9 Å². The van der Waals surface area contributed by atoms with E-state index in [9.17, 15) is 9.90 Å². The zero-order valence-corrected chi connectivity index (χ0v) is 34.5. The molecule has 0 saturated carbocycles. The predicted octanol–water partition coefficient (Wildman–Crippen LogP) is 7.04. The van der Waals surface area contributed by atoms with E-state index in [4.69, 9.17) is 24.5 Å². The Hall–Kier alpha value is -5.67. The van der Waals surface area contributed by atoms with Crippen molar-refractivity contribution in [2.45, 2.75) is 103 Å². The Morgan fingerprint density at radius 2 is 1.71 bits per heavy atom. The Balaban J connectivity index is 0.00000171. The van der Waals surface area contributed by atoms with Crippen LogP contribution in [-0.2, 0) is 16.8 Å². The highest BCUT2D eigenvalue weighted by molar-refractivity contribution is 5.89. The minimum absolute atomic E-state index is 0.135. The van der Waals surface area contributed by atoms with Gasteiger partial charge in [-0.2, -0.15) is 5.10 Å². The highest BCUT2D eigenvalue weighted by Gasteiger charge is 2.31. The maximum atomic E-state index is 13.8. The first kappa shape index (κ1) is 41.5. The van der Waals surface area contributed by atoms with E-state index in [-0.39, 0.29) is 36.7 Å². The van der Waals surface area contributed by atoms with Crippen LogP contribution < -0.4 is 25.0 Å². The van der Waals surface area contributed by atoms with Gasteiger partial charge in [-0.1, -0.05) is 51.1 Å². The van der Waals surface area contributed by atoms with Crippen molar-refractivity contribution in [2.24, 2.45) is 0 Å². The summed E-state index contributed by atoms with van der Waals surface area (Å²) in [5, 5.41) is 37.3. The van der Waals surface area contributed by atoms with Gasteiger partial charge in [0.1, 0.15) is 30.0 Å². The number of fused-ring (bicyclic) bond motifs is 2. The summed E-state index contributed by atoms with van der Waals surface area (Å²) in [7, 11) is 0. The van der Waals surface area contributed by atoms with Crippen LogP contribution in [0.4, 0.5) is 16.6 Å². The largest absolute Gasteiger partial charge is 0.492 e. The fraction of sp³-hybridized carbons (Fsp3) is 0.477. The maximum absolute atomic E-state index is 13.8. The first-order valence-corrected chi connectivity index (χ1v) is 20.8. The van der Waals surface area contributed by atoms with Crippen LogP contribution in [0.1, 0.15) is 107 Å². The second kappa shape index (κ2) is 18.5. The van der Waals surface area contributed by atoms with Crippen molar-refractivity contribution in [2.75, 3.05) is 43.0 Å². The summed E-state index contributed by atoms with van der Waals surface area (Å²) in [4.78, 5) is 27.0. The van der Waals surface area contributed by atoms with Crippen LogP contribution in [0.25, 0.3) is 11.3 Å². The van der Waals surface area contributed by atoms with Gasteiger partial charge in [0, 0.05) is 42.2 Å². The maximum Gasteiger partial charge on any atom is 0.320 e. The van der Waals surface area contributed by atoms with Gasteiger partial charge in [0.15, 0.2) is 5.65 Å². The van der Waals surface area contributed by atoms with Crippen LogP contribution in [0, 0.1) is 0 Å². The third-order valence-corrected chi connectivity index (χ3v) is 11.5. The Morgan fingerprint density at radius 1 is 0.949 bits per heavy atom. The molecule has 5 aromatic rings. The Kier molecular flexibility index (Phi) is 13.0. The molecule has 59 heavy (non-hydrogen) atoms. The van der Waals surface area contributed by atoms with Crippen molar-refractivity contribution in [3.05, 3.63) is 89.2 Å². The number of hydrogen-bond donors (Lipinski definition) is 4. The second-order valence-electron chi connectivity index (χ2n) is 16.6. The van der Waals surface area contributed by atoms with E-state index in [0.717, 1.165) is 85.3 Å². The Morgan fingerprint density at radius 3 is 2.46 bits per heavy atom. The number of hydrogen-bond acceptors (Lipinski definition) is 10. The number of pyridine rings is 1. The van der Waals surface area contributed by atoms with Crippen LogP contribution in [-0.4, -0.2) is 90.8 Å². The van der Waals surface area contributed by atoms with Gasteiger partial charge in [-0.05, 0) is 94.3 Å². The van der Waals surface area contributed by atoms with Crippen LogP contribution in [0.5, 0.6) is 11.5 Å². The zero-order valence-electron chi connectivity index (χ0n) is 34.5. The third-order valence-electron chi connectivity index (χ3n) is 11.5. The number of piperidine rings is 1. The molecule has 8 rings (SSSR count). The predicted molar refractivity (Wildman–Crippen MR) is 226 cm³/mol. The van der Waals surface area contributed by atoms with Crippen molar-refractivity contribution in [1.82, 2.24) is 34.6 Å². The van der Waals surface area contributed by atoms with E-state index >= 15 is 0 Å². The number of carbonyl (C=O) groups is 2. The minimum Gasteiger partial charge on any atom is -0.492 e. The molecule has 15 heteroatoms. The number of carboxylic acid groups (broad SMARTS) is 1. The molecule has 0 radical (unpaired) electrons. The number of ether oxygens (including phenoxy) is 2. The number of nitrogens with one attached hydrogen (secondary N) is 2. The van der Waals surface area contributed by atoms with Gasteiger partial charge in [-0.15, -0.1) is 10.2 Å². The lowest BCUT2D eigenvalue weighted by Crippen LogP contribution is -2.38. The van der Waals surface area contributed by atoms with Gasteiger partial charge in [-0.25, -0.2) is 9.48 Å². The second-order valence-corrected chi connectivity index (χ2v) is 16.6. The molecule has 2 saturated heterocycles. The molecule has 314 valence electrons. The number of aliphatic hydroxyl groups excluding tert-OH is 1. The van der Waals surface area contributed by atoms with Gasteiger partial charge >= 0.3 is 6.03 Å². The first-order valence-electron chi connectivity index (χ1n) is 20.8. The van der Waals surface area contributed by atoms with E-state index in [0.29, 0.717) is 36.2 Å². The molecule has 3 aromatic heterocycles. The molecule has 5 heterocycles. The van der Waals surface area contributed by atoms with Gasteiger partial charge < -0.3 is 29.9 Å². The zero-order chi connectivity index (χ0) is 41.5.